The van der Waals surface area contributed by atoms with Crippen molar-refractivity contribution in [1.29, 1.82) is 0 Å². The van der Waals surface area contributed by atoms with Crippen LogP contribution in [0.5, 0.6) is 0 Å². The van der Waals surface area contributed by atoms with Crippen LogP contribution in [0.4, 0.5) is 13.2 Å². The van der Waals surface area contributed by atoms with Gasteiger partial charge in [-0.05, 0) is 25.1 Å². The first-order valence-corrected chi connectivity index (χ1v) is 7.70. The Morgan fingerprint density at radius 3 is 2.54 bits per heavy atom. The van der Waals surface area contributed by atoms with E-state index in [1.165, 1.54) is 37.3 Å². The molecular weight excluding hydrogens is 347 g/mol. The maximum absolute atomic E-state index is 13.6. The Hall–Kier alpha value is -3.09. The molecule has 1 amide bonds. The largest absolute Gasteiger partial charge is 0.452 e. The van der Waals surface area contributed by atoms with Crippen molar-refractivity contribution in [1.82, 2.24) is 5.32 Å². The number of carbonyl (C=O) groups excluding carboxylic acids is 2. The minimum atomic E-state index is -0.830. The predicted octanol–water partition coefficient (Wildman–Crippen LogP) is 3.54. The van der Waals surface area contributed by atoms with E-state index < -0.39 is 42.0 Å². The SMILES string of the molecule is C[C@@H](NC(=O)COC(=O)/C=C/c1ccccc1F)c1ccc(F)cc1F. The fourth-order valence-corrected chi connectivity index (χ4v) is 2.17. The molecule has 1 atom stereocenters. The van der Waals surface area contributed by atoms with E-state index in [2.05, 4.69) is 5.32 Å². The van der Waals surface area contributed by atoms with E-state index in [-0.39, 0.29) is 11.1 Å². The molecule has 0 aliphatic heterocycles. The highest BCUT2D eigenvalue weighted by Gasteiger charge is 2.15. The van der Waals surface area contributed by atoms with E-state index in [0.29, 0.717) is 6.07 Å². The minimum absolute atomic E-state index is 0.102. The molecule has 2 rings (SSSR count). The Kier molecular flexibility index (Phi) is 6.54. The van der Waals surface area contributed by atoms with Crippen molar-refractivity contribution in [3.05, 3.63) is 77.1 Å². The summed E-state index contributed by atoms with van der Waals surface area (Å²) >= 11 is 0. The number of amides is 1. The van der Waals surface area contributed by atoms with Crippen molar-refractivity contribution in [3.8, 4) is 0 Å². The van der Waals surface area contributed by atoms with Gasteiger partial charge in [0.05, 0.1) is 6.04 Å². The van der Waals surface area contributed by atoms with Gasteiger partial charge in [0, 0.05) is 23.3 Å². The first-order valence-electron chi connectivity index (χ1n) is 7.70. The Labute approximate surface area is 148 Å². The second-order valence-corrected chi connectivity index (χ2v) is 5.42. The monoisotopic (exact) mass is 363 g/mol. The average molecular weight is 363 g/mol. The molecule has 0 saturated carbocycles. The zero-order chi connectivity index (χ0) is 19.1. The molecule has 4 nitrogen and oxygen atoms in total. The molecule has 2 aromatic rings. The summed E-state index contributed by atoms with van der Waals surface area (Å²) in [6, 6.07) is 8.12. The highest BCUT2D eigenvalue weighted by atomic mass is 19.1. The second kappa shape index (κ2) is 8.84. The maximum atomic E-state index is 13.6. The quantitative estimate of drug-likeness (QED) is 0.631. The van der Waals surface area contributed by atoms with Gasteiger partial charge in [-0.25, -0.2) is 18.0 Å². The standard InChI is InChI=1S/C19H16F3NO3/c1-12(15-8-7-14(20)10-17(15)22)23-18(24)11-26-19(25)9-6-13-4-2-3-5-16(13)21/h2-10,12H,11H2,1H3,(H,23,24)/b9-6+/t12-/m1/s1. The van der Waals surface area contributed by atoms with Crippen molar-refractivity contribution in [3.63, 3.8) is 0 Å². The van der Waals surface area contributed by atoms with Crippen LogP contribution in [-0.4, -0.2) is 18.5 Å². The van der Waals surface area contributed by atoms with Gasteiger partial charge in [0.1, 0.15) is 17.5 Å². The van der Waals surface area contributed by atoms with Gasteiger partial charge in [-0.2, -0.15) is 0 Å². The van der Waals surface area contributed by atoms with Gasteiger partial charge in [-0.1, -0.05) is 24.3 Å². The second-order valence-electron chi connectivity index (χ2n) is 5.42. The van der Waals surface area contributed by atoms with E-state index in [1.54, 1.807) is 6.07 Å². The normalized spacial score (nSPS) is 12.0. The number of carbonyl (C=O) groups is 2. The van der Waals surface area contributed by atoms with Crippen LogP contribution < -0.4 is 5.32 Å². The highest BCUT2D eigenvalue weighted by Crippen LogP contribution is 2.17. The van der Waals surface area contributed by atoms with Crippen LogP contribution >= 0.6 is 0 Å². The molecule has 1 N–H and O–H groups in total. The van der Waals surface area contributed by atoms with Crippen molar-refractivity contribution >= 4 is 18.0 Å². The van der Waals surface area contributed by atoms with Gasteiger partial charge >= 0.3 is 5.97 Å². The Balaban J connectivity index is 1.84. The number of hydrogen-bond donors (Lipinski definition) is 1. The number of benzene rings is 2. The lowest BCUT2D eigenvalue weighted by Crippen LogP contribution is -2.31. The number of ether oxygens (including phenoxy) is 1. The number of hydrogen-bond acceptors (Lipinski definition) is 3. The molecule has 0 saturated heterocycles. The fraction of sp³-hybridized carbons (Fsp3) is 0.158. The van der Waals surface area contributed by atoms with Gasteiger partial charge < -0.3 is 10.1 Å². The summed E-state index contributed by atoms with van der Waals surface area (Å²) in [6.45, 7) is 0.918. The van der Waals surface area contributed by atoms with Crippen LogP contribution in [0.25, 0.3) is 6.08 Å². The molecule has 0 aromatic heterocycles. The Morgan fingerprint density at radius 1 is 1.12 bits per heavy atom. The van der Waals surface area contributed by atoms with E-state index >= 15 is 0 Å². The molecule has 0 spiro atoms. The summed E-state index contributed by atoms with van der Waals surface area (Å²) in [5.41, 5.74) is 0.305. The third kappa shape index (κ3) is 5.47. The number of esters is 1. The third-order valence-corrected chi connectivity index (χ3v) is 3.46. The van der Waals surface area contributed by atoms with Crippen molar-refractivity contribution in [2.75, 3.05) is 6.61 Å². The van der Waals surface area contributed by atoms with E-state index in [0.717, 1.165) is 12.1 Å². The zero-order valence-corrected chi connectivity index (χ0v) is 13.8. The molecule has 0 aliphatic carbocycles. The van der Waals surface area contributed by atoms with Gasteiger partial charge in [0.2, 0.25) is 0 Å². The molecular formula is C19H16F3NO3. The van der Waals surface area contributed by atoms with Crippen LogP contribution in [0.15, 0.2) is 48.5 Å². The smallest absolute Gasteiger partial charge is 0.331 e. The molecule has 26 heavy (non-hydrogen) atoms. The topological polar surface area (TPSA) is 55.4 Å². The lowest BCUT2D eigenvalue weighted by atomic mass is 10.1. The van der Waals surface area contributed by atoms with Gasteiger partial charge in [0.25, 0.3) is 5.91 Å². The summed E-state index contributed by atoms with van der Waals surface area (Å²) in [7, 11) is 0. The molecule has 2 aromatic carbocycles. The summed E-state index contributed by atoms with van der Waals surface area (Å²) in [5, 5.41) is 2.43. The van der Waals surface area contributed by atoms with Gasteiger partial charge in [-0.3, -0.25) is 4.79 Å². The van der Waals surface area contributed by atoms with Crippen molar-refractivity contribution in [2.45, 2.75) is 13.0 Å². The van der Waals surface area contributed by atoms with Crippen LogP contribution in [0.3, 0.4) is 0 Å². The molecule has 0 fully saturated rings. The molecule has 7 heteroatoms. The van der Waals surface area contributed by atoms with Crippen LogP contribution in [0, 0.1) is 17.5 Å². The van der Waals surface area contributed by atoms with Gasteiger partial charge in [0.15, 0.2) is 6.61 Å². The first kappa shape index (κ1) is 19.2. The Morgan fingerprint density at radius 2 is 1.85 bits per heavy atom. The summed E-state index contributed by atoms with van der Waals surface area (Å²) in [5.74, 6) is -3.50. The van der Waals surface area contributed by atoms with Crippen LogP contribution in [-0.2, 0) is 14.3 Å². The number of nitrogens with one attached hydrogen (secondary N) is 1. The molecule has 0 unspecified atom stereocenters. The van der Waals surface area contributed by atoms with Crippen LogP contribution in [0.2, 0.25) is 0 Å². The Bertz CT molecular complexity index is 837. The molecule has 136 valence electrons. The summed E-state index contributed by atoms with van der Waals surface area (Å²) < 4.78 is 44.7. The first-order chi connectivity index (χ1) is 12.4. The summed E-state index contributed by atoms with van der Waals surface area (Å²) in [4.78, 5) is 23.3. The van der Waals surface area contributed by atoms with Crippen LogP contribution in [0.1, 0.15) is 24.1 Å². The number of rotatable bonds is 6. The minimum Gasteiger partial charge on any atom is -0.452 e. The molecule has 0 aliphatic rings. The van der Waals surface area contributed by atoms with Gasteiger partial charge in [-0.15, -0.1) is 0 Å². The lowest BCUT2D eigenvalue weighted by Gasteiger charge is -2.15. The average Bonchev–Trinajstić information content (AvgIpc) is 2.59. The van der Waals surface area contributed by atoms with E-state index in [1.807, 2.05) is 0 Å². The lowest BCUT2D eigenvalue weighted by molar-refractivity contribution is -0.144. The fourth-order valence-electron chi connectivity index (χ4n) is 2.17. The summed E-state index contributed by atoms with van der Waals surface area (Å²) in [6.07, 6.45) is 2.22. The van der Waals surface area contributed by atoms with Crippen molar-refractivity contribution < 1.29 is 27.5 Å². The van der Waals surface area contributed by atoms with E-state index in [9.17, 15) is 22.8 Å². The van der Waals surface area contributed by atoms with Crippen molar-refractivity contribution in [2.24, 2.45) is 0 Å². The molecule has 0 heterocycles. The molecule has 0 radical (unpaired) electrons. The number of halogens is 3. The molecule has 0 bridgehead atoms. The highest BCUT2D eigenvalue weighted by molar-refractivity contribution is 5.89. The predicted molar refractivity (Wildman–Crippen MR) is 89.3 cm³/mol. The van der Waals surface area contributed by atoms with E-state index in [4.69, 9.17) is 4.74 Å². The third-order valence-electron chi connectivity index (χ3n) is 3.46. The zero-order valence-electron chi connectivity index (χ0n) is 13.8. The maximum Gasteiger partial charge on any atom is 0.331 e.